The summed E-state index contributed by atoms with van der Waals surface area (Å²) in [5.74, 6) is 0.0912. The van der Waals surface area contributed by atoms with E-state index in [1.807, 2.05) is 44.1 Å². The molecule has 8 heteroatoms. The summed E-state index contributed by atoms with van der Waals surface area (Å²) < 4.78 is 0.810. The van der Waals surface area contributed by atoms with Gasteiger partial charge in [-0.25, -0.2) is 0 Å². The first-order chi connectivity index (χ1) is 9.51. The third kappa shape index (κ3) is 3.20. The van der Waals surface area contributed by atoms with Gasteiger partial charge in [0, 0.05) is 24.6 Å². The Morgan fingerprint density at radius 2 is 2.15 bits per heavy atom. The Labute approximate surface area is 125 Å². The van der Waals surface area contributed by atoms with E-state index in [9.17, 15) is 0 Å². The molecule has 0 spiro atoms. The lowest BCUT2D eigenvalue weighted by atomic mass is 10.1. The number of nitrogens with two attached hydrogens (primary N) is 1. The molecule has 3 N–H and O–H groups in total. The fraction of sp³-hybridized carbons (Fsp3) is 0.250. The molecule has 1 heterocycles. The Morgan fingerprint density at radius 1 is 1.40 bits per heavy atom. The van der Waals surface area contributed by atoms with Crippen molar-refractivity contribution in [2.45, 2.75) is 16.2 Å². The molecule has 0 aliphatic heterocycles. The van der Waals surface area contributed by atoms with Crippen molar-refractivity contribution >= 4 is 34.1 Å². The van der Waals surface area contributed by atoms with E-state index in [0.29, 0.717) is 5.56 Å². The Morgan fingerprint density at radius 3 is 2.75 bits per heavy atom. The third-order valence-corrected chi connectivity index (χ3v) is 4.71. The maximum Gasteiger partial charge on any atom is 0.208 e. The van der Waals surface area contributed by atoms with Gasteiger partial charge in [-0.1, -0.05) is 39.9 Å². The van der Waals surface area contributed by atoms with Gasteiger partial charge in [-0.2, -0.15) is 0 Å². The van der Waals surface area contributed by atoms with Gasteiger partial charge in [-0.05, 0) is 19.1 Å². The van der Waals surface area contributed by atoms with Crippen LogP contribution in [0.2, 0.25) is 0 Å². The number of hydrogen-bond acceptors (Lipinski definition) is 7. The predicted octanol–water partition coefficient (Wildman–Crippen LogP) is 2.16. The Balaban J connectivity index is 2.32. The Hall–Kier alpha value is -1.80. The van der Waals surface area contributed by atoms with Crippen molar-refractivity contribution in [1.82, 2.24) is 10.2 Å². The van der Waals surface area contributed by atoms with Gasteiger partial charge in [0.25, 0.3) is 0 Å². The first kappa shape index (κ1) is 14.6. The topological polar surface area (TPSA) is 87.6 Å². The first-order valence-corrected chi connectivity index (χ1v) is 7.42. The van der Waals surface area contributed by atoms with Crippen LogP contribution in [0.4, 0.5) is 5.13 Å². The first-order valence-electron chi connectivity index (χ1n) is 5.78. The van der Waals surface area contributed by atoms with Crippen molar-refractivity contribution in [2.24, 2.45) is 10.9 Å². The van der Waals surface area contributed by atoms with Gasteiger partial charge >= 0.3 is 0 Å². The highest BCUT2D eigenvalue weighted by Gasteiger charge is 2.13. The van der Waals surface area contributed by atoms with Gasteiger partial charge in [-0.3, -0.25) is 0 Å². The molecule has 0 amide bonds. The quantitative estimate of drug-likeness (QED) is 0.389. The number of anilines is 1. The van der Waals surface area contributed by atoms with Crippen LogP contribution in [0.3, 0.4) is 0 Å². The second-order valence-corrected chi connectivity index (χ2v) is 6.58. The maximum atomic E-state index is 8.87. The zero-order chi connectivity index (χ0) is 14.7. The number of rotatable bonds is 4. The van der Waals surface area contributed by atoms with Crippen molar-refractivity contribution < 1.29 is 5.21 Å². The molecule has 0 fully saturated rings. The van der Waals surface area contributed by atoms with Crippen LogP contribution in [0.5, 0.6) is 0 Å². The van der Waals surface area contributed by atoms with Crippen LogP contribution < -0.4 is 10.6 Å². The minimum Gasteiger partial charge on any atom is -0.409 e. The molecule has 2 rings (SSSR count). The molecule has 106 valence electrons. The van der Waals surface area contributed by atoms with Crippen LogP contribution in [-0.4, -0.2) is 35.3 Å². The molecule has 0 atom stereocenters. The number of amidine groups is 1. The maximum absolute atomic E-state index is 8.87. The van der Waals surface area contributed by atoms with Gasteiger partial charge in [0.15, 0.2) is 10.2 Å². The summed E-state index contributed by atoms with van der Waals surface area (Å²) in [4.78, 5) is 2.79. The minimum absolute atomic E-state index is 0.0912. The van der Waals surface area contributed by atoms with E-state index in [-0.39, 0.29) is 5.84 Å². The summed E-state index contributed by atoms with van der Waals surface area (Å²) in [6.07, 6.45) is 0. The molecule has 2 aromatic rings. The van der Waals surface area contributed by atoms with E-state index in [1.54, 1.807) is 0 Å². The van der Waals surface area contributed by atoms with Gasteiger partial charge < -0.3 is 15.8 Å². The molecule has 0 saturated carbocycles. The lowest BCUT2D eigenvalue weighted by Crippen LogP contribution is -2.14. The van der Waals surface area contributed by atoms with E-state index in [1.165, 1.54) is 23.1 Å². The standard InChI is InChI=1S/C12H15N5OS2/c1-7-4-5-9(8(6-7)10(13)16-18)19-12-15-14-11(20-12)17(2)3/h4-6,18H,1-3H3,(H2,13,16). The van der Waals surface area contributed by atoms with Crippen molar-refractivity contribution in [3.8, 4) is 0 Å². The van der Waals surface area contributed by atoms with E-state index in [4.69, 9.17) is 10.9 Å². The van der Waals surface area contributed by atoms with E-state index in [0.717, 1.165) is 19.9 Å². The zero-order valence-corrected chi connectivity index (χ0v) is 13.0. The summed E-state index contributed by atoms with van der Waals surface area (Å²) in [5.41, 5.74) is 7.45. The third-order valence-electron chi connectivity index (χ3n) is 2.49. The van der Waals surface area contributed by atoms with Crippen molar-refractivity contribution in [1.29, 1.82) is 0 Å². The number of aryl methyl sites for hydroxylation is 1. The Kier molecular flexibility index (Phi) is 4.46. The molecule has 6 nitrogen and oxygen atoms in total. The van der Waals surface area contributed by atoms with Gasteiger partial charge in [-0.15, -0.1) is 10.2 Å². The minimum atomic E-state index is 0.0912. The smallest absolute Gasteiger partial charge is 0.208 e. The normalized spacial score (nSPS) is 11.7. The van der Waals surface area contributed by atoms with E-state index < -0.39 is 0 Å². The average molecular weight is 309 g/mol. The molecular formula is C12H15N5OS2. The zero-order valence-electron chi connectivity index (χ0n) is 11.4. The number of nitrogens with zero attached hydrogens (tertiary/aromatic N) is 4. The van der Waals surface area contributed by atoms with Crippen molar-refractivity contribution in [3.63, 3.8) is 0 Å². The summed E-state index contributed by atoms with van der Waals surface area (Å²) >= 11 is 2.94. The van der Waals surface area contributed by atoms with E-state index in [2.05, 4.69) is 15.4 Å². The van der Waals surface area contributed by atoms with Crippen LogP contribution in [0, 0.1) is 6.92 Å². The molecule has 0 aliphatic rings. The highest BCUT2D eigenvalue weighted by atomic mass is 32.2. The van der Waals surface area contributed by atoms with Gasteiger partial charge in [0.1, 0.15) is 0 Å². The molecule has 1 aromatic heterocycles. The molecule has 0 bridgehead atoms. The molecule has 1 aromatic carbocycles. The van der Waals surface area contributed by atoms with E-state index >= 15 is 0 Å². The second kappa shape index (κ2) is 6.10. The summed E-state index contributed by atoms with van der Waals surface area (Å²) in [5, 5.41) is 21.0. The monoisotopic (exact) mass is 309 g/mol. The van der Waals surface area contributed by atoms with Crippen LogP contribution in [0.25, 0.3) is 0 Å². The second-order valence-electron chi connectivity index (χ2n) is 4.33. The molecule has 20 heavy (non-hydrogen) atoms. The fourth-order valence-corrected chi connectivity index (χ4v) is 3.35. The lowest BCUT2D eigenvalue weighted by Gasteiger charge is -2.07. The van der Waals surface area contributed by atoms with Gasteiger partial charge in [0.2, 0.25) is 5.13 Å². The van der Waals surface area contributed by atoms with Crippen LogP contribution in [-0.2, 0) is 0 Å². The van der Waals surface area contributed by atoms with Crippen LogP contribution in [0.1, 0.15) is 11.1 Å². The number of hydrogen-bond donors (Lipinski definition) is 2. The highest BCUT2D eigenvalue weighted by molar-refractivity contribution is 8.01. The summed E-state index contributed by atoms with van der Waals surface area (Å²) in [6.45, 7) is 1.96. The molecule has 0 aliphatic carbocycles. The molecule has 0 saturated heterocycles. The average Bonchev–Trinajstić information content (AvgIpc) is 2.88. The van der Waals surface area contributed by atoms with Crippen molar-refractivity contribution in [3.05, 3.63) is 29.3 Å². The number of oxime groups is 1. The molecular weight excluding hydrogens is 294 g/mol. The SMILES string of the molecule is Cc1ccc(Sc2nnc(N(C)C)s2)c(/C(N)=N/O)c1. The number of aromatic nitrogens is 2. The summed E-state index contributed by atoms with van der Waals surface area (Å²) in [7, 11) is 3.84. The molecule has 0 radical (unpaired) electrons. The Bertz CT molecular complexity index is 639. The van der Waals surface area contributed by atoms with Crippen molar-refractivity contribution in [2.75, 3.05) is 19.0 Å². The van der Waals surface area contributed by atoms with Gasteiger partial charge in [0.05, 0.1) is 0 Å². The number of benzene rings is 1. The summed E-state index contributed by atoms with van der Waals surface area (Å²) in [6, 6.07) is 5.79. The largest absolute Gasteiger partial charge is 0.409 e. The highest BCUT2D eigenvalue weighted by Crippen LogP contribution is 2.34. The fourth-order valence-electron chi connectivity index (χ4n) is 1.51. The molecule has 0 unspecified atom stereocenters. The van der Waals surface area contributed by atoms with Crippen LogP contribution >= 0.6 is 23.1 Å². The van der Waals surface area contributed by atoms with Crippen LogP contribution in [0.15, 0.2) is 32.6 Å². The predicted molar refractivity (Wildman–Crippen MR) is 82.0 cm³/mol. The lowest BCUT2D eigenvalue weighted by molar-refractivity contribution is 0.318.